The van der Waals surface area contributed by atoms with Crippen molar-refractivity contribution in [2.75, 3.05) is 25.4 Å². The first-order chi connectivity index (χ1) is 15.2. The average Bonchev–Trinajstić information content (AvgIpc) is 2.79. The third-order valence-corrected chi connectivity index (χ3v) is 6.59. The molecule has 1 aliphatic rings. The second-order valence-corrected chi connectivity index (χ2v) is 9.63. The SMILES string of the molecule is CCCCS(=O)(=O)N[C@@H](CNC(=O)[C@@H]1CCCN(C(=O)OCc2ccccc2)C1)C(=O)O. The number of nitrogens with one attached hydrogen (secondary N) is 2. The number of piperidine rings is 1. The van der Waals surface area contributed by atoms with Crippen molar-refractivity contribution in [1.82, 2.24) is 14.9 Å². The summed E-state index contributed by atoms with van der Waals surface area (Å²) in [5.41, 5.74) is 0.855. The van der Waals surface area contributed by atoms with Gasteiger partial charge in [-0.25, -0.2) is 13.2 Å². The average molecular weight is 470 g/mol. The lowest BCUT2D eigenvalue weighted by molar-refractivity contribution is -0.139. The quantitative estimate of drug-likeness (QED) is 0.444. The summed E-state index contributed by atoms with van der Waals surface area (Å²) in [6.45, 7) is 2.20. The summed E-state index contributed by atoms with van der Waals surface area (Å²) in [5.74, 6) is -2.51. The minimum Gasteiger partial charge on any atom is -0.480 e. The molecule has 1 fully saturated rings. The number of carboxylic acid groups (broad SMARTS) is 1. The predicted molar refractivity (Wildman–Crippen MR) is 117 cm³/mol. The standard InChI is InChI=1S/C21H31N3O7S/c1-2-3-12-32(29,30)23-18(20(26)27)13-22-19(25)17-10-7-11-24(14-17)21(28)31-15-16-8-5-4-6-9-16/h4-6,8-9,17-18,23H,2-3,7,10-15H2,1H3,(H,22,25)(H,26,27)/t17-,18+/m1/s1. The Balaban J connectivity index is 1.84. The van der Waals surface area contributed by atoms with E-state index >= 15 is 0 Å². The highest BCUT2D eigenvalue weighted by Gasteiger charge is 2.31. The number of carbonyl (C=O) groups is 3. The van der Waals surface area contributed by atoms with E-state index in [0.717, 1.165) is 5.56 Å². The molecule has 2 rings (SSSR count). The third kappa shape index (κ3) is 8.46. The van der Waals surface area contributed by atoms with Gasteiger partial charge in [0.25, 0.3) is 0 Å². The van der Waals surface area contributed by atoms with Gasteiger partial charge < -0.3 is 20.1 Å². The minimum atomic E-state index is -3.76. The van der Waals surface area contributed by atoms with Gasteiger partial charge in [-0.05, 0) is 24.8 Å². The molecule has 32 heavy (non-hydrogen) atoms. The van der Waals surface area contributed by atoms with Crippen LogP contribution in [-0.4, -0.2) is 67.8 Å². The van der Waals surface area contributed by atoms with E-state index in [4.69, 9.17) is 4.74 Å². The van der Waals surface area contributed by atoms with Gasteiger partial charge in [0.05, 0.1) is 11.7 Å². The summed E-state index contributed by atoms with van der Waals surface area (Å²) in [4.78, 5) is 37.8. The highest BCUT2D eigenvalue weighted by atomic mass is 32.2. The summed E-state index contributed by atoms with van der Waals surface area (Å²) in [6.07, 6.45) is 1.69. The number of ether oxygens (including phenoxy) is 1. The Labute approximate surface area is 188 Å². The van der Waals surface area contributed by atoms with Gasteiger partial charge in [0.15, 0.2) is 0 Å². The van der Waals surface area contributed by atoms with Crippen molar-refractivity contribution in [3.8, 4) is 0 Å². The number of nitrogens with zero attached hydrogens (tertiary/aromatic N) is 1. The molecule has 2 atom stereocenters. The zero-order valence-corrected chi connectivity index (χ0v) is 19.0. The molecule has 0 aliphatic carbocycles. The lowest BCUT2D eigenvalue weighted by Crippen LogP contribution is -2.51. The zero-order chi connectivity index (χ0) is 23.6. The Hall–Kier alpha value is -2.66. The molecule has 1 aromatic carbocycles. The van der Waals surface area contributed by atoms with E-state index in [1.807, 2.05) is 37.3 Å². The molecule has 11 heteroatoms. The van der Waals surface area contributed by atoms with E-state index in [-0.39, 0.29) is 25.4 Å². The Bertz CT molecular complexity index is 877. The molecular weight excluding hydrogens is 438 g/mol. The number of sulfonamides is 1. The van der Waals surface area contributed by atoms with Gasteiger partial charge in [0.1, 0.15) is 12.6 Å². The monoisotopic (exact) mass is 469 g/mol. The number of aliphatic carboxylic acids is 1. The van der Waals surface area contributed by atoms with Crippen molar-refractivity contribution in [2.45, 2.75) is 45.3 Å². The lowest BCUT2D eigenvalue weighted by atomic mass is 9.97. The van der Waals surface area contributed by atoms with Gasteiger partial charge in [0, 0.05) is 19.6 Å². The number of benzene rings is 1. The number of hydrogen-bond acceptors (Lipinski definition) is 6. The Kier molecular flexibility index (Phi) is 9.92. The van der Waals surface area contributed by atoms with Crippen LogP contribution in [0.2, 0.25) is 0 Å². The van der Waals surface area contributed by atoms with Gasteiger partial charge in [-0.1, -0.05) is 43.7 Å². The van der Waals surface area contributed by atoms with Crippen LogP contribution in [0.5, 0.6) is 0 Å². The minimum absolute atomic E-state index is 0.130. The normalized spacial score (nSPS) is 17.4. The second-order valence-electron chi connectivity index (χ2n) is 7.75. The van der Waals surface area contributed by atoms with E-state index in [1.54, 1.807) is 0 Å². The Morgan fingerprint density at radius 1 is 1.25 bits per heavy atom. The van der Waals surface area contributed by atoms with Crippen molar-refractivity contribution in [3.05, 3.63) is 35.9 Å². The molecule has 178 valence electrons. The van der Waals surface area contributed by atoms with Crippen molar-refractivity contribution in [2.24, 2.45) is 5.92 Å². The summed E-state index contributed by atoms with van der Waals surface area (Å²) in [6, 6.07) is 7.78. The van der Waals surface area contributed by atoms with Gasteiger partial charge in [-0.2, -0.15) is 4.72 Å². The highest BCUT2D eigenvalue weighted by Crippen LogP contribution is 2.18. The summed E-state index contributed by atoms with van der Waals surface area (Å²) >= 11 is 0. The second kappa shape index (κ2) is 12.4. The van der Waals surface area contributed by atoms with Gasteiger partial charge in [0.2, 0.25) is 15.9 Å². The molecule has 0 spiro atoms. The zero-order valence-electron chi connectivity index (χ0n) is 18.2. The number of carboxylic acids is 1. The lowest BCUT2D eigenvalue weighted by Gasteiger charge is -2.31. The first kappa shape index (κ1) is 25.6. The van der Waals surface area contributed by atoms with E-state index < -0.39 is 40.0 Å². The van der Waals surface area contributed by atoms with Crippen LogP contribution in [-0.2, 0) is 31.0 Å². The molecule has 0 bridgehead atoms. The summed E-state index contributed by atoms with van der Waals surface area (Å²) in [5, 5.41) is 11.8. The first-order valence-electron chi connectivity index (χ1n) is 10.7. The summed E-state index contributed by atoms with van der Waals surface area (Å²) < 4.78 is 31.4. The van der Waals surface area contributed by atoms with Crippen molar-refractivity contribution in [1.29, 1.82) is 0 Å². The predicted octanol–water partition coefficient (Wildman–Crippen LogP) is 1.32. The maximum absolute atomic E-state index is 12.6. The Morgan fingerprint density at radius 3 is 2.62 bits per heavy atom. The number of carbonyl (C=O) groups excluding carboxylic acids is 2. The molecule has 0 saturated carbocycles. The molecule has 3 N–H and O–H groups in total. The van der Waals surface area contributed by atoms with Crippen molar-refractivity contribution in [3.63, 3.8) is 0 Å². The van der Waals surface area contributed by atoms with Gasteiger partial charge >= 0.3 is 12.1 Å². The van der Waals surface area contributed by atoms with Crippen LogP contribution >= 0.6 is 0 Å². The smallest absolute Gasteiger partial charge is 0.410 e. The van der Waals surface area contributed by atoms with Crippen LogP contribution in [0.25, 0.3) is 0 Å². The largest absolute Gasteiger partial charge is 0.480 e. The highest BCUT2D eigenvalue weighted by molar-refractivity contribution is 7.89. The van der Waals surface area contributed by atoms with Crippen molar-refractivity contribution < 1.29 is 32.6 Å². The van der Waals surface area contributed by atoms with Crippen LogP contribution in [0.3, 0.4) is 0 Å². The molecular formula is C21H31N3O7S. The summed E-state index contributed by atoms with van der Waals surface area (Å²) in [7, 11) is -3.76. The van der Waals surface area contributed by atoms with Crippen molar-refractivity contribution >= 4 is 28.0 Å². The first-order valence-corrected chi connectivity index (χ1v) is 12.3. The fourth-order valence-electron chi connectivity index (χ4n) is 3.30. The molecule has 1 saturated heterocycles. The molecule has 0 aromatic heterocycles. The third-order valence-electron chi connectivity index (χ3n) is 5.12. The molecule has 0 radical (unpaired) electrons. The number of likely N-dealkylation sites (tertiary alicyclic amines) is 1. The Morgan fingerprint density at radius 2 is 1.97 bits per heavy atom. The molecule has 1 heterocycles. The molecule has 0 unspecified atom stereocenters. The number of amides is 2. The van der Waals surface area contributed by atoms with Crippen LogP contribution < -0.4 is 10.0 Å². The maximum Gasteiger partial charge on any atom is 0.410 e. The molecule has 1 aromatic rings. The number of hydrogen-bond donors (Lipinski definition) is 3. The van der Waals surface area contributed by atoms with Crippen LogP contribution in [0.4, 0.5) is 4.79 Å². The van der Waals surface area contributed by atoms with Gasteiger partial charge in [-0.15, -0.1) is 0 Å². The number of unbranched alkanes of at least 4 members (excludes halogenated alkanes) is 1. The van der Waals surface area contributed by atoms with Gasteiger partial charge in [-0.3, -0.25) is 9.59 Å². The van der Waals surface area contributed by atoms with Crippen LogP contribution in [0.15, 0.2) is 30.3 Å². The fourth-order valence-corrected chi connectivity index (χ4v) is 4.71. The van der Waals surface area contributed by atoms with Crippen LogP contribution in [0.1, 0.15) is 38.2 Å². The van der Waals surface area contributed by atoms with E-state index in [1.165, 1.54) is 4.90 Å². The molecule has 10 nitrogen and oxygen atoms in total. The van der Waals surface area contributed by atoms with Crippen LogP contribution in [0, 0.1) is 5.92 Å². The maximum atomic E-state index is 12.6. The number of rotatable bonds is 11. The fraction of sp³-hybridized carbons (Fsp3) is 0.571. The van der Waals surface area contributed by atoms with E-state index in [2.05, 4.69) is 10.0 Å². The topological polar surface area (TPSA) is 142 Å². The molecule has 2 amide bonds. The van der Waals surface area contributed by atoms with E-state index in [9.17, 15) is 27.9 Å². The van der Waals surface area contributed by atoms with E-state index in [0.29, 0.717) is 32.2 Å². The molecule has 1 aliphatic heterocycles.